The average molecular weight is 342 g/mol. The molecule has 7 heteroatoms. The molecule has 0 heterocycles. The summed E-state index contributed by atoms with van der Waals surface area (Å²) in [7, 11) is 1.49. The topological polar surface area (TPSA) is 89.7 Å². The number of benzene rings is 1. The van der Waals surface area contributed by atoms with Crippen molar-refractivity contribution in [2.24, 2.45) is 0 Å². The average Bonchev–Trinajstić information content (AvgIpc) is 2.47. The molecule has 1 rings (SSSR count). The molecule has 0 bridgehead atoms. The van der Waals surface area contributed by atoms with Gasteiger partial charge in [0.2, 0.25) is 0 Å². The molecule has 1 N–H and O–H groups in total. The van der Waals surface area contributed by atoms with Gasteiger partial charge in [-0.05, 0) is 33.6 Å². The highest BCUT2D eigenvalue weighted by atomic mass is 35.5. The van der Waals surface area contributed by atoms with Crippen molar-refractivity contribution in [1.29, 1.82) is 0 Å². The monoisotopic (exact) mass is 341 g/mol. The fourth-order valence-corrected chi connectivity index (χ4v) is 2.71. The van der Waals surface area contributed by atoms with Gasteiger partial charge >= 0.3 is 5.97 Å². The van der Waals surface area contributed by atoms with Crippen molar-refractivity contribution < 1.29 is 19.6 Å². The number of allylic oxidation sites excluding steroid dienone is 2. The van der Waals surface area contributed by atoms with Crippen molar-refractivity contribution in [3.63, 3.8) is 0 Å². The Kier molecular flexibility index (Phi) is 6.57. The third kappa shape index (κ3) is 4.45. The molecule has 0 atom stereocenters. The van der Waals surface area contributed by atoms with Crippen molar-refractivity contribution in [2.45, 2.75) is 40.0 Å². The number of nitro groups is 1. The smallest absolute Gasteiger partial charge is 0.303 e. The first-order valence-corrected chi connectivity index (χ1v) is 7.45. The van der Waals surface area contributed by atoms with Crippen LogP contribution in [-0.2, 0) is 11.2 Å². The number of carboxylic acid groups (broad SMARTS) is 1. The molecule has 0 aliphatic rings. The molecule has 0 amide bonds. The van der Waals surface area contributed by atoms with Gasteiger partial charge in [-0.1, -0.05) is 23.3 Å². The first kappa shape index (κ1) is 19.0. The van der Waals surface area contributed by atoms with E-state index in [-0.39, 0.29) is 17.1 Å². The summed E-state index contributed by atoms with van der Waals surface area (Å²) in [6.45, 7) is 5.21. The predicted octanol–water partition coefficient (Wildman–Crippen LogP) is 4.23. The number of rotatable bonds is 7. The Labute approximate surface area is 139 Å². The van der Waals surface area contributed by atoms with Crippen LogP contribution in [0.15, 0.2) is 11.6 Å². The summed E-state index contributed by atoms with van der Waals surface area (Å²) < 4.78 is 5.37. The normalized spacial score (nSPS) is 11.4. The SMILES string of the molecule is COc1c(C)c(C)c([N+](=O)[O-])c(Cl)c1C/C=C(\C)CCC(=O)O. The van der Waals surface area contributed by atoms with Gasteiger partial charge in [0.1, 0.15) is 10.8 Å². The minimum Gasteiger partial charge on any atom is -0.496 e. The van der Waals surface area contributed by atoms with Crippen LogP contribution >= 0.6 is 11.6 Å². The van der Waals surface area contributed by atoms with Crippen LogP contribution in [0.4, 0.5) is 5.69 Å². The number of nitrogens with zero attached hydrogens (tertiary/aromatic N) is 1. The highest BCUT2D eigenvalue weighted by Gasteiger charge is 2.26. The van der Waals surface area contributed by atoms with E-state index in [2.05, 4.69) is 0 Å². The number of aliphatic carboxylic acids is 1. The molecular weight excluding hydrogens is 322 g/mol. The Morgan fingerprint density at radius 2 is 1.96 bits per heavy atom. The minimum atomic E-state index is -0.866. The molecule has 0 saturated heterocycles. The molecule has 0 fully saturated rings. The summed E-state index contributed by atoms with van der Waals surface area (Å²) in [6.07, 6.45) is 2.63. The van der Waals surface area contributed by atoms with Crippen LogP contribution in [0.5, 0.6) is 5.75 Å². The van der Waals surface area contributed by atoms with E-state index in [0.29, 0.717) is 35.3 Å². The van der Waals surface area contributed by atoms with E-state index < -0.39 is 10.9 Å². The maximum atomic E-state index is 11.3. The summed E-state index contributed by atoms with van der Waals surface area (Å²) >= 11 is 6.23. The van der Waals surface area contributed by atoms with Gasteiger partial charge in [-0.15, -0.1) is 0 Å². The Balaban J connectivity index is 3.27. The minimum absolute atomic E-state index is 0.0419. The van der Waals surface area contributed by atoms with Crippen molar-refractivity contribution >= 4 is 23.3 Å². The lowest BCUT2D eigenvalue weighted by Crippen LogP contribution is -2.03. The van der Waals surface area contributed by atoms with Crippen LogP contribution in [0.1, 0.15) is 36.5 Å². The maximum Gasteiger partial charge on any atom is 0.303 e. The molecule has 1 aromatic rings. The lowest BCUT2D eigenvalue weighted by molar-refractivity contribution is -0.385. The Morgan fingerprint density at radius 3 is 2.43 bits per heavy atom. The molecule has 0 spiro atoms. The Morgan fingerprint density at radius 1 is 1.35 bits per heavy atom. The van der Waals surface area contributed by atoms with Crippen LogP contribution in [0.25, 0.3) is 0 Å². The van der Waals surface area contributed by atoms with Crippen LogP contribution < -0.4 is 4.74 Å². The molecule has 23 heavy (non-hydrogen) atoms. The van der Waals surface area contributed by atoms with Gasteiger partial charge in [0.15, 0.2) is 0 Å². The summed E-state index contributed by atoms with van der Waals surface area (Å²) in [5, 5.41) is 20.0. The quantitative estimate of drug-likeness (QED) is 0.455. The number of carbonyl (C=O) groups is 1. The molecule has 0 aromatic heterocycles. The fraction of sp³-hybridized carbons (Fsp3) is 0.438. The second kappa shape index (κ2) is 7.97. The predicted molar refractivity (Wildman–Crippen MR) is 88.5 cm³/mol. The maximum absolute atomic E-state index is 11.3. The zero-order valence-corrected chi connectivity index (χ0v) is 14.4. The summed E-state index contributed by atoms with van der Waals surface area (Å²) in [5.74, 6) is -0.337. The van der Waals surface area contributed by atoms with Gasteiger partial charge in [-0.2, -0.15) is 0 Å². The van der Waals surface area contributed by atoms with Gasteiger partial charge in [0.25, 0.3) is 5.69 Å². The number of nitro benzene ring substituents is 1. The first-order chi connectivity index (χ1) is 10.7. The van der Waals surface area contributed by atoms with Crippen LogP contribution in [0, 0.1) is 24.0 Å². The molecule has 0 radical (unpaired) electrons. The lowest BCUT2D eigenvalue weighted by atomic mass is 9.98. The van der Waals surface area contributed by atoms with Crippen molar-refractivity contribution in [1.82, 2.24) is 0 Å². The van der Waals surface area contributed by atoms with E-state index in [9.17, 15) is 14.9 Å². The molecule has 6 nitrogen and oxygen atoms in total. The van der Waals surface area contributed by atoms with E-state index in [1.54, 1.807) is 13.8 Å². The van der Waals surface area contributed by atoms with E-state index in [1.807, 2.05) is 13.0 Å². The molecule has 126 valence electrons. The number of methoxy groups -OCH3 is 1. The molecule has 0 aliphatic heterocycles. The van der Waals surface area contributed by atoms with E-state index in [0.717, 1.165) is 5.57 Å². The number of halogens is 1. The number of carboxylic acids is 1. The van der Waals surface area contributed by atoms with Crippen LogP contribution in [-0.4, -0.2) is 23.1 Å². The fourth-order valence-electron chi connectivity index (χ4n) is 2.34. The van der Waals surface area contributed by atoms with Gasteiger partial charge in [-0.3, -0.25) is 14.9 Å². The highest BCUT2D eigenvalue weighted by molar-refractivity contribution is 6.34. The molecular formula is C16H20ClNO5. The summed E-state index contributed by atoms with van der Waals surface area (Å²) in [5.41, 5.74) is 2.46. The van der Waals surface area contributed by atoms with E-state index in [4.69, 9.17) is 21.4 Å². The van der Waals surface area contributed by atoms with Gasteiger partial charge in [0, 0.05) is 23.1 Å². The molecule has 0 unspecified atom stereocenters. The number of ether oxygens (including phenoxy) is 1. The Hall–Kier alpha value is -2.08. The highest BCUT2D eigenvalue weighted by Crippen LogP contribution is 2.41. The molecule has 0 aliphatic carbocycles. The second-order valence-electron chi connectivity index (χ2n) is 5.33. The third-order valence-electron chi connectivity index (χ3n) is 3.78. The Bertz CT molecular complexity index is 667. The van der Waals surface area contributed by atoms with Crippen molar-refractivity contribution in [3.05, 3.63) is 43.5 Å². The lowest BCUT2D eigenvalue weighted by Gasteiger charge is -2.15. The van der Waals surface area contributed by atoms with Crippen LogP contribution in [0.3, 0.4) is 0 Å². The van der Waals surface area contributed by atoms with E-state index in [1.165, 1.54) is 7.11 Å². The zero-order valence-electron chi connectivity index (χ0n) is 13.6. The van der Waals surface area contributed by atoms with Crippen LogP contribution in [0.2, 0.25) is 5.02 Å². The third-order valence-corrected chi connectivity index (χ3v) is 4.19. The van der Waals surface area contributed by atoms with Gasteiger partial charge in [-0.25, -0.2) is 0 Å². The standard InChI is InChI=1S/C16H20ClNO5/c1-9(6-8-13(19)20)5-7-12-14(17)15(18(21)22)10(2)11(3)16(12)23-4/h5H,6-8H2,1-4H3,(H,19,20)/b9-5+. The first-order valence-electron chi connectivity index (χ1n) is 7.08. The second-order valence-corrected chi connectivity index (χ2v) is 5.71. The largest absolute Gasteiger partial charge is 0.496 e. The van der Waals surface area contributed by atoms with E-state index >= 15 is 0 Å². The number of hydrogen-bond donors (Lipinski definition) is 1. The summed E-state index contributed by atoms with van der Waals surface area (Å²) in [4.78, 5) is 21.4. The summed E-state index contributed by atoms with van der Waals surface area (Å²) in [6, 6.07) is 0. The van der Waals surface area contributed by atoms with Crippen molar-refractivity contribution in [3.8, 4) is 5.75 Å². The molecule has 1 aromatic carbocycles. The van der Waals surface area contributed by atoms with Crippen molar-refractivity contribution in [2.75, 3.05) is 7.11 Å². The van der Waals surface area contributed by atoms with Gasteiger partial charge in [0.05, 0.1) is 12.0 Å². The number of hydrogen-bond acceptors (Lipinski definition) is 4. The molecule has 0 saturated carbocycles. The zero-order chi connectivity index (χ0) is 17.7. The van der Waals surface area contributed by atoms with Gasteiger partial charge < -0.3 is 9.84 Å².